The Hall–Kier alpha value is -3.95. The summed E-state index contributed by atoms with van der Waals surface area (Å²) in [5.41, 5.74) is 10.6. The van der Waals surface area contributed by atoms with Crippen LogP contribution in [0.5, 0.6) is 11.5 Å². The van der Waals surface area contributed by atoms with Crippen molar-refractivity contribution < 1.29 is 25.8 Å². The van der Waals surface area contributed by atoms with Gasteiger partial charge in [0.25, 0.3) is 0 Å². The first-order valence-electron chi connectivity index (χ1n) is 18.8. The van der Waals surface area contributed by atoms with Crippen LogP contribution in [0.1, 0.15) is 115 Å². The summed E-state index contributed by atoms with van der Waals surface area (Å²) in [5, 5.41) is 7.45. The first-order chi connectivity index (χ1) is 24.4. The van der Waals surface area contributed by atoms with Crippen LogP contribution in [-0.2, 0) is 26.5 Å². The molecule has 6 aromatic rings. The Kier molecular flexibility index (Phi) is 10.8. The van der Waals surface area contributed by atoms with Gasteiger partial charge >= 0.3 is 21.1 Å². The predicted octanol–water partition coefficient (Wildman–Crippen LogP) is 12.3. The largest absolute Gasteiger partial charge is 2.00 e. The van der Waals surface area contributed by atoms with Gasteiger partial charge in [-0.15, -0.1) is 41.3 Å². The molecule has 272 valence electrons. The van der Waals surface area contributed by atoms with Gasteiger partial charge in [0.1, 0.15) is 5.82 Å². The van der Waals surface area contributed by atoms with E-state index in [1.54, 1.807) is 5.57 Å². The molecule has 7 rings (SSSR count). The van der Waals surface area contributed by atoms with Gasteiger partial charge in [-0.05, 0) is 84.7 Å². The molecule has 3 aromatic heterocycles. The molecule has 1 aliphatic carbocycles. The molecular weight excluding hydrogens is 820 g/mol. The van der Waals surface area contributed by atoms with E-state index in [-0.39, 0.29) is 26.5 Å². The van der Waals surface area contributed by atoms with Crippen LogP contribution in [0.25, 0.3) is 33.3 Å². The molecule has 0 N–H and O–H groups in total. The molecular formula is C46H52N4OPt. The van der Waals surface area contributed by atoms with E-state index in [1.165, 1.54) is 35.2 Å². The number of ether oxygens (including phenoxy) is 1. The third-order valence-electron chi connectivity index (χ3n) is 11.0. The normalized spacial score (nSPS) is 17.8. The van der Waals surface area contributed by atoms with Gasteiger partial charge in [0.2, 0.25) is 0 Å². The molecule has 52 heavy (non-hydrogen) atoms. The van der Waals surface area contributed by atoms with Gasteiger partial charge in [-0.2, -0.15) is 11.2 Å². The van der Waals surface area contributed by atoms with E-state index in [0.717, 1.165) is 45.4 Å². The van der Waals surface area contributed by atoms with E-state index in [0.29, 0.717) is 35.2 Å². The summed E-state index contributed by atoms with van der Waals surface area (Å²) in [6.07, 6.45) is 7.89. The number of rotatable bonds is 8. The van der Waals surface area contributed by atoms with Gasteiger partial charge in [0, 0.05) is 40.4 Å². The van der Waals surface area contributed by atoms with E-state index in [1.807, 2.05) is 12.3 Å². The summed E-state index contributed by atoms with van der Waals surface area (Å²) in [6.45, 7) is 22.6. The maximum Gasteiger partial charge on any atom is 2.00 e. The summed E-state index contributed by atoms with van der Waals surface area (Å²) in [4.78, 5) is 4.84. The van der Waals surface area contributed by atoms with Gasteiger partial charge in [-0.1, -0.05) is 97.2 Å². The summed E-state index contributed by atoms with van der Waals surface area (Å²) in [7, 11) is 0. The minimum absolute atomic E-state index is 0. The number of hydrogen-bond donors (Lipinski definition) is 0. The summed E-state index contributed by atoms with van der Waals surface area (Å²) in [5.74, 6) is 4.10. The van der Waals surface area contributed by atoms with Crippen LogP contribution < -0.4 is 4.74 Å². The Bertz CT molecular complexity index is 2270. The molecule has 0 amide bonds. The van der Waals surface area contributed by atoms with Crippen LogP contribution in [0, 0.1) is 37.8 Å². The van der Waals surface area contributed by atoms with Crippen LogP contribution >= 0.6 is 0 Å². The van der Waals surface area contributed by atoms with Crippen molar-refractivity contribution in [3.63, 3.8) is 0 Å². The van der Waals surface area contributed by atoms with Gasteiger partial charge in [-0.3, -0.25) is 4.68 Å². The van der Waals surface area contributed by atoms with Gasteiger partial charge in [0.15, 0.2) is 0 Å². The maximum absolute atomic E-state index is 6.68. The smallest absolute Gasteiger partial charge is 0.509 e. The van der Waals surface area contributed by atoms with Crippen LogP contribution in [0.4, 0.5) is 0 Å². The van der Waals surface area contributed by atoms with Crippen molar-refractivity contribution in [1.82, 2.24) is 19.3 Å². The molecule has 1 aliphatic rings. The Labute approximate surface area is 324 Å². The van der Waals surface area contributed by atoms with E-state index < -0.39 is 0 Å². The maximum atomic E-state index is 6.68. The Balaban J connectivity index is 0.00000464. The van der Waals surface area contributed by atoms with Gasteiger partial charge in [-0.25, -0.2) is 4.98 Å². The van der Waals surface area contributed by atoms with Crippen LogP contribution in [0.15, 0.2) is 78.5 Å². The van der Waals surface area contributed by atoms with Crippen LogP contribution in [0.2, 0.25) is 0 Å². The number of aromatic nitrogens is 4. The first kappa shape index (κ1) is 37.8. The number of allylic oxidation sites excluding steroid dienone is 2. The number of nitrogens with zero attached hydrogens (tertiary/aromatic N) is 4. The van der Waals surface area contributed by atoms with Gasteiger partial charge in [0.05, 0.1) is 5.69 Å². The number of hydrogen-bond acceptors (Lipinski definition) is 3. The standard InChI is InChI=1S/C46H52N4O.Pt/c1-11-32-21-29(5)22-33(12-2)45(32)44-30(6)48-50(31(44)7)36-23-34(28(3)4)24-38(26-36)51-37-17-18-40-39-15-13-14-16-41(39)49(42(40)27-37)43-25-35(19-20-47-43)46(8,9)10;/h13-21,23-25,28-29,33,45H,11-12,22H2,1-10H3;/q-2;+2/t29-,33-,45?;/m0./s1. The van der Waals surface area contributed by atoms with Crippen molar-refractivity contribution in [3.8, 4) is 23.0 Å². The summed E-state index contributed by atoms with van der Waals surface area (Å²) < 4.78 is 11.0. The quantitative estimate of drug-likeness (QED) is 0.113. The second kappa shape index (κ2) is 14.8. The van der Waals surface area contributed by atoms with Crippen molar-refractivity contribution in [2.75, 3.05) is 0 Å². The monoisotopic (exact) mass is 871 g/mol. The Morgan fingerprint density at radius 1 is 0.942 bits per heavy atom. The molecule has 3 atom stereocenters. The average molecular weight is 872 g/mol. The zero-order chi connectivity index (χ0) is 36.2. The number of para-hydroxylation sites is 1. The molecule has 5 nitrogen and oxygen atoms in total. The third-order valence-corrected chi connectivity index (χ3v) is 11.0. The Morgan fingerprint density at radius 3 is 2.42 bits per heavy atom. The second-order valence-corrected chi connectivity index (χ2v) is 16.0. The Morgan fingerprint density at radius 2 is 1.71 bits per heavy atom. The van der Waals surface area contributed by atoms with E-state index in [9.17, 15) is 0 Å². The molecule has 6 heteroatoms. The van der Waals surface area contributed by atoms with Crippen molar-refractivity contribution in [2.45, 2.75) is 106 Å². The molecule has 0 saturated heterocycles. The zero-order valence-corrected chi connectivity index (χ0v) is 34.6. The molecule has 0 radical (unpaired) electrons. The van der Waals surface area contributed by atoms with Crippen LogP contribution in [0.3, 0.4) is 0 Å². The molecule has 0 bridgehead atoms. The SMILES string of the molecule is CCC1=C[C@H](C)C[C@H](CC)C1c1c(C)nn(-c2[c-]c(Oc3[c-]c4c(cc3)c3ccccc3n4-c3cc(C(C)(C)C)ccn3)cc(C(C)C)c2)c1C.[Pt+2]. The molecule has 0 aliphatic heterocycles. The van der Waals surface area contributed by atoms with Crippen molar-refractivity contribution >= 4 is 21.8 Å². The minimum atomic E-state index is -0.00266. The van der Waals surface area contributed by atoms with E-state index in [4.69, 9.17) is 14.8 Å². The fourth-order valence-electron chi connectivity index (χ4n) is 8.30. The summed E-state index contributed by atoms with van der Waals surface area (Å²) >= 11 is 0. The third kappa shape index (κ3) is 6.94. The number of aryl methyl sites for hydroxylation is 1. The van der Waals surface area contributed by atoms with Crippen molar-refractivity contribution in [1.29, 1.82) is 0 Å². The molecule has 3 heterocycles. The first-order valence-corrected chi connectivity index (χ1v) is 18.8. The topological polar surface area (TPSA) is 44.9 Å². The fourth-order valence-corrected chi connectivity index (χ4v) is 8.30. The molecule has 3 aromatic carbocycles. The average Bonchev–Trinajstić information content (AvgIpc) is 3.59. The van der Waals surface area contributed by atoms with Gasteiger partial charge < -0.3 is 9.30 Å². The van der Waals surface area contributed by atoms with Crippen molar-refractivity contribution in [3.05, 3.63) is 119 Å². The summed E-state index contributed by atoms with van der Waals surface area (Å²) in [6, 6.07) is 28.5. The molecule has 0 saturated carbocycles. The molecule has 0 fully saturated rings. The van der Waals surface area contributed by atoms with Crippen LogP contribution in [-0.4, -0.2) is 19.3 Å². The predicted molar refractivity (Wildman–Crippen MR) is 211 cm³/mol. The number of fused-ring (bicyclic) bond motifs is 3. The van der Waals surface area contributed by atoms with E-state index in [2.05, 4.69) is 151 Å². The number of benzene rings is 3. The van der Waals surface area contributed by atoms with E-state index >= 15 is 0 Å². The van der Waals surface area contributed by atoms with Crippen molar-refractivity contribution in [2.24, 2.45) is 11.8 Å². The molecule has 1 unspecified atom stereocenters. The second-order valence-electron chi connectivity index (χ2n) is 16.0. The minimum Gasteiger partial charge on any atom is -0.509 e. The number of pyridine rings is 1. The fraction of sp³-hybridized carbons (Fsp3) is 0.391. The molecule has 0 spiro atoms. The zero-order valence-electron chi connectivity index (χ0n) is 32.4.